The first-order valence-corrected chi connectivity index (χ1v) is 5.02. The third-order valence-electron chi connectivity index (χ3n) is 1.97. The van der Waals surface area contributed by atoms with Gasteiger partial charge in [0.2, 0.25) is 11.8 Å². The Balaban J connectivity index is 2.22. The topological polar surface area (TPSA) is 58.2 Å². The quantitative estimate of drug-likeness (QED) is 0.550. The van der Waals surface area contributed by atoms with Crippen LogP contribution < -0.4 is 10.6 Å². The Morgan fingerprint density at radius 3 is 3.00 bits per heavy atom. The summed E-state index contributed by atoms with van der Waals surface area (Å²) in [6.07, 6.45) is 1.68. The summed E-state index contributed by atoms with van der Waals surface area (Å²) in [5.74, 6) is 0.640. The van der Waals surface area contributed by atoms with Gasteiger partial charge in [0.15, 0.2) is 0 Å². The van der Waals surface area contributed by atoms with Gasteiger partial charge >= 0.3 is 0 Å². The molecule has 2 N–H and O–H groups in total. The molecular weight excluding hydrogens is 188 g/mol. The van der Waals surface area contributed by atoms with E-state index in [0.29, 0.717) is 25.1 Å². The molecule has 0 radical (unpaired) electrons. The van der Waals surface area contributed by atoms with E-state index in [1.54, 1.807) is 0 Å². The highest BCUT2D eigenvalue weighted by atomic mass is 32.1. The second kappa shape index (κ2) is 5.11. The highest BCUT2D eigenvalue weighted by Gasteiger charge is 2.18. The van der Waals surface area contributed by atoms with Crippen molar-refractivity contribution in [3.05, 3.63) is 0 Å². The first-order valence-electron chi connectivity index (χ1n) is 4.39. The fourth-order valence-corrected chi connectivity index (χ4v) is 1.46. The molecule has 1 aliphatic rings. The van der Waals surface area contributed by atoms with Crippen LogP contribution in [0.3, 0.4) is 0 Å². The van der Waals surface area contributed by atoms with Crippen molar-refractivity contribution in [2.75, 3.05) is 12.3 Å². The molecule has 74 valence electrons. The fourth-order valence-electron chi connectivity index (χ4n) is 1.26. The number of hydrogen-bond acceptors (Lipinski definition) is 3. The van der Waals surface area contributed by atoms with E-state index in [2.05, 4.69) is 23.3 Å². The molecule has 4 nitrogen and oxygen atoms in total. The minimum absolute atomic E-state index is 0.0103. The van der Waals surface area contributed by atoms with Crippen LogP contribution in [-0.4, -0.2) is 30.2 Å². The van der Waals surface area contributed by atoms with Crippen LogP contribution in [0.4, 0.5) is 0 Å². The summed E-state index contributed by atoms with van der Waals surface area (Å²) in [6.45, 7) is 0.553. The Morgan fingerprint density at radius 2 is 2.46 bits per heavy atom. The van der Waals surface area contributed by atoms with Crippen molar-refractivity contribution in [3.63, 3.8) is 0 Å². The van der Waals surface area contributed by atoms with E-state index in [4.69, 9.17) is 0 Å². The zero-order valence-electron chi connectivity index (χ0n) is 7.38. The van der Waals surface area contributed by atoms with Gasteiger partial charge in [0.1, 0.15) is 0 Å². The highest BCUT2D eigenvalue weighted by Crippen LogP contribution is 2.02. The minimum Gasteiger partial charge on any atom is -0.354 e. The molecule has 1 aliphatic heterocycles. The Kier molecular flexibility index (Phi) is 4.08. The maximum atomic E-state index is 11.1. The first kappa shape index (κ1) is 10.4. The summed E-state index contributed by atoms with van der Waals surface area (Å²) in [4.78, 5) is 21.9. The van der Waals surface area contributed by atoms with Crippen LogP contribution in [0, 0.1) is 0 Å². The number of thiol groups is 1. The lowest BCUT2D eigenvalue weighted by Gasteiger charge is -2.23. The Hall–Kier alpha value is -0.710. The van der Waals surface area contributed by atoms with Crippen molar-refractivity contribution in [1.82, 2.24) is 10.6 Å². The molecule has 13 heavy (non-hydrogen) atoms. The molecule has 0 aromatic heterocycles. The normalized spacial score (nSPS) is 22.2. The van der Waals surface area contributed by atoms with E-state index in [9.17, 15) is 9.59 Å². The molecule has 0 spiro atoms. The number of carbonyl (C=O) groups is 2. The van der Waals surface area contributed by atoms with Crippen molar-refractivity contribution in [2.45, 2.75) is 25.3 Å². The van der Waals surface area contributed by atoms with Crippen molar-refractivity contribution in [2.24, 2.45) is 0 Å². The summed E-state index contributed by atoms with van der Waals surface area (Å²) in [6, 6.07) is 0.102. The van der Waals surface area contributed by atoms with Crippen LogP contribution in [0.15, 0.2) is 0 Å². The molecule has 0 saturated carbocycles. The van der Waals surface area contributed by atoms with Gasteiger partial charge in [-0.3, -0.25) is 9.59 Å². The van der Waals surface area contributed by atoms with Gasteiger partial charge in [-0.2, -0.15) is 12.6 Å². The lowest BCUT2D eigenvalue weighted by molar-refractivity contribution is -0.125. The lowest BCUT2D eigenvalue weighted by Crippen LogP contribution is -2.47. The molecule has 1 unspecified atom stereocenters. The maximum Gasteiger partial charge on any atom is 0.221 e. The molecule has 0 aliphatic carbocycles. The zero-order chi connectivity index (χ0) is 9.68. The first-order chi connectivity index (χ1) is 6.22. The van der Waals surface area contributed by atoms with Gasteiger partial charge in [-0.15, -0.1) is 0 Å². The highest BCUT2D eigenvalue weighted by molar-refractivity contribution is 7.80. The molecule has 0 aromatic rings. The van der Waals surface area contributed by atoms with Gasteiger partial charge in [-0.25, -0.2) is 0 Å². The number of piperidine rings is 1. The Morgan fingerprint density at radius 1 is 1.69 bits per heavy atom. The van der Waals surface area contributed by atoms with Crippen molar-refractivity contribution in [3.8, 4) is 0 Å². The lowest BCUT2D eigenvalue weighted by atomic mass is 10.1. The average molecular weight is 202 g/mol. The van der Waals surface area contributed by atoms with Gasteiger partial charge in [-0.1, -0.05) is 0 Å². The number of nitrogens with one attached hydrogen (secondary N) is 2. The molecular formula is C8H14N2O2S. The number of hydrogen-bond donors (Lipinski definition) is 3. The van der Waals surface area contributed by atoms with E-state index in [1.165, 1.54) is 0 Å². The van der Waals surface area contributed by atoms with Crippen LogP contribution in [0.1, 0.15) is 19.3 Å². The third kappa shape index (κ3) is 3.67. The number of rotatable bonds is 3. The summed E-state index contributed by atoms with van der Waals surface area (Å²) >= 11 is 3.96. The van der Waals surface area contributed by atoms with Gasteiger partial charge < -0.3 is 10.6 Å². The molecule has 1 fully saturated rings. The summed E-state index contributed by atoms with van der Waals surface area (Å²) in [5, 5.41) is 5.54. The summed E-state index contributed by atoms with van der Waals surface area (Å²) in [5.41, 5.74) is 0. The number of carbonyl (C=O) groups excluding carboxylic acids is 2. The molecule has 2 amide bonds. The van der Waals surface area contributed by atoms with Crippen LogP contribution in [-0.2, 0) is 9.59 Å². The zero-order valence-corrected chi connectivity index (χ0v) is 8.27. The number of amides is 2. The van der Waals surface area contributed by atoms with Crippen LogP contribution in [0.25, 0.3) is 0 Å². The van der Waals surface area contributed by atoms with Crippen LogP contribution in [0.5, 0.6) is 0 Å². The predicted octanol–water partition coefficient (Wildman–Crippen LogP) is -0.299. The summed E-state index contributed by atoms with van der Waals surface area (Å²) in [7, 11) is 0. The van der Waals surface area contributed by atoms with E-state index in [0.717, 1.165) is 6.42 Å². The SMILES string of the molecule is O=C1CCC(NC(=O)CCS)CN1. The van der Waals surface area contributed by atoms with Gasteiger partial charge in [0.25, 0.3) is 0 Å². The Labute approximate surface area is 82.9 Å². The van der Waals surface area contributed by atoms with E-state index in [1.807, 2.05) is 0 Å². The molecule has 1 atom stereocenters. The fraction of sp³-hybridized carbons (Fsp3) is 0.750. The van der Waals surface area contributed by atoms with Crippen LogP contribution in [0.2, 0.25) is 0 Å². The van der Waals surface area contributed by atoms with Gasteiger partial charge in [0.05, 0.1) is 0 Å². The Bertz CT molecular complexity index is 198. The second-order valence-electron chi connectivity index (χ2n) is 3.08. The standard InChI is InChI=1S/C8H14N2O2S/c11-7-2-1-6(5-9-7)10-8(12)3-4-13/h6,13H,1-5H2,(H,9,11)(H,10,12). The monoisotopic (exact) mass is 202 g/mol. The average Bonchev–Trinajstić information content (AvgIpc) is 2.09. The third-order valence-corrected chi connectivity index (χ3v) is 2.19. The van der Waals surface area contributed by atoms with Crippen molar-refractivity contribution >= 4 is 24.4 Å². The molecule has 0 bridgehead atoms. The smallest absolute Gasteiger partial charge is 0.221 e. The minimum atomic E-state index is 0.0103. The van der Waals surface area contributed by atoms with E-state index < -0.39 is 0 Å². The summed E-state index contributed by atoms with van der Waals surface area (Å²) < 4.78 is 0. The van der Waals surface area contributed by atoms with Crippen LogP contribution >= 0.6 is 12.6 Å². The predicted molar refractivity (Wildman–Crippen MR) is 52.6 cm³/mol. The largest absolute Gasteiger partial charge is 0.354 e. The second-order valence-corrected chi connectivity index (χ2v) is 3.53. The molecule has 0 aromatic carbocycles. The molecule has 1 rings (SSSR count). The maximum absolute atomic E-state index is 11.1. The molecule has 1 saturated heterocycles. The molecule has 5 heteroatoms. The van der Waals surface area contributed by atoms with Gasteiger partial charge in [-0.05, 0) is 12.2 Å². The van der Waals surface area contributed by atoms with Gasteiger partial charge in [0, 0.05) is 25.4 Å². The van der Waals surface area contributed by atoms with Crippen molar-refractivity contribution < 1.29 is 9.59 Å². The van der Waals surface area contributed by atoms with E-state index in [-0.39, 0.29) is 17.9 Å². The molecule has 1 heterocycles. The van der Waals surface area contributed by atoms with Crippen molar-refractivity contribution in [1.29, 1.82) is 0 Å². The van der Waals surface area contributed by atoms with E-state index >= 15 is 0 Å².